The Morgan fingerprint density at radius 3 is 2.96 bits per heavy atom. The topological polar surface area (TPSA) is 94.1 Å². The first kappa shape index (κ1) is 17.0. The molecule has 0 spiro atoms. The van der Waals surface area contributed by atoms with E-state index in [1.807, 2.05) is 42.5 Å². The highest BCUT2D eigenvalue weighted by atomic mass is 16.5. The number of benzene rings is 1. The molecule has 27 heavy (non-hydrogen) atoms. The largest absolute Gasteiger partial charge is 0.487 e. The van der Waals surface area contributed by atoms with E-state index >= 15 is 0 Å². The van der Waals surface area contributed by atoms with E-state index in [0.29, 0.717) is 37.6 Å². The van der Waals surface area contributed by atoms with Gasteiger partial charge in [0.1, 0.15) is 29.8 Å². The summed E-state index contributed by atoms with van der Waals surface area (Å²) >= 11 is 0. The van der Waals surface area contributed by atoms with Crippen LogP contribution in [0.3, 0.4) is 0 Å². The van der Waals surface area contributed by atoms with Crippen molar-refractivity contribution in [2.24, 2.45) is 0 Å². The molecule has 2 N–H and O–H groups in total. The fourth-order valence-corrected chi connectivity index (χ4v) is 3.21. The summed E-state index contributed by atoms with van der Waals surface area (Å²) in [4.78, 5) is 8.67. The number of rotatable bonds is 4. The molecule has 0 amide bonds. The van der Waals surface area contributed by atoms with E-state index in [9.17, 15) is 5.26 Å². The zero-order chi connectivity index (χ0) is 18.6. The lowest BCUT2D eigenvalue weighted by molar-refractivity contribution is 0.109. The van der Waals surface area contributed by atoms with Crippen LogP contribution < -0.4 is 10.5 Å². The Balaban J connectivity index is 1.72. The number of hydrogen-bond acceptors (Lipinski definition) is 6. The van der Waals surface area contributed by atoms with Crippen LogP contribution in [0.2, 0.25) is 0 Å². The van der Waals surface area contributed by atoms with Crippen LogP contribution in [0.25, 0.3) is 11.1 Å². The third-order valence-corrected chi connectivity index (χ3v) is 4.49. The zero-order valence-electron chi connectivity index (χ0n) is 14.7. The molecule has 1 aliphatic heterocycles. The maximum atomic E-state index is 9.63. The summed E-state index contributed by atoms with van der Waals surface area (Å²) in [7, 11) is 0. The molecule has 0 aliphatic carbocycles. The molecular weight excluding hydrogens is 340 g/mol. The molecule has 0 fully saturated rings. The molecule has 134 valence electrons. The van der Waals surface area contributed by atoms with Gasteiger partial charge in [0.25, 0.3) is 0 Å². The lowest BCUT2D eigenvalue weighted by Crippen LogP contribution is -2.16. The number of ether oxygens (including phenoxy) is 2. The van der Waals surface area contributed by atoms with Crippen LogP contribution in [0.5, 0.6) is 5.75 Å². The summed E-state index contributed by atoms with van der Waals surface area (Å²) in [5.74, 6) is 0.955. The third-order valence-electron chi connectivity index (χ3n) is 4.49. The van der Waals surface area contributed by atoms with E-state index in [2.05, 4.69) is 16.0 Å². The molecule has 3 aromatic rings. The Bertz CT molecular complexity index is 1010. The highest BCUT2D eigenvalue weighted by molar-refractivity contribution is 5.79. The minimum atomic E-state index is 0.257. The van der Waals surface area contributed by atoms with Crippen molar-refractivity contribution in [3.05, 3.63) is 71.2 Å². The van der Waals surface area contributed by atoms with E-state index < -0.39 is 0 Å². The van der Waals surface area contributed by atoms with Gasteiger partial charge in [0, 0.05) is 23.7 Å². The minimum absolute atomic E-state index is 0.257. The second kappa shape index (κ2) is 7.44. The Hall–Kier alpha value is -3.43. The number of pyridine rings is 2. The molecule has 4 rings (SSSR count). The van der Waals surface area contributed by atoms with E-state index in [1.54, 1.807) is 6.20 Å². The van der Waals surface area contributed by atoms with Gasteiger partial charge in [-0.25, -0.2) is 4.98 Å². The Kier molecular flexibility index (Phi) is 4.69. The van der Waals surface area contributed by atoms with Gasteiger partial charge >= 0.3 is 0 Å². The molecule has 6 nitrogen and oxygen atoms in total. The Morgan fingerprint density at radius 1 is 1.22 bits per heavy atom. The SMILES string of the molecule is N#Cc1c(N)nc2c(c1-c1cccc(OCc3ccccn3)c1)COCC2. The smallest absolute Gasteiger partial charge is 0.142 e. The Labute approximate surface area is 157 Å². The quantitative estimate of drug-likeness (QED) is 0.769. The van der Waals surface area contributed by atoms with E-state index in [1.165, 1.54) is 0 Å². The summed E-state index contributed by atoms with van der Waals surface area (Å²) in [5, 5.41) is 9.63. The summed E-state index contributed by atoms with van der Waals surface area (Å²) in [6.45, 7) is 1.40. The molecule has 1 aliphatic rings. The molecule has 2 aromatic heterocycles. The van der Waals surface area contributed by atoms with Crippen molar-refractivity contribution < 1.29 is 9.47 Å². The van der Waals surface area contributed by atoms with E-state index in [-0.39, 0.29) is 5.82 Å². The average molecular weight is 358 g/mol. The third kappa shape index (κ3) is 3.46. The highest BCUT2D eigenvalue weighted by Crippen LogP contribution is 2.35. The van der Waals surface area contributed by atoms with Gasteiger partial charge in [-0.1, -0.05) is 18.2 Å². The van der Waals surface area contributed by atoms with Crippen molar-refractivity contribution in [1.82, 2.24) is 9.97 Å². The summed E-state index contributed by atoms with van der Waals surface area (Å²) in [6, 6.07) is 15.5. The summed E-state index contributed by atoms with van der Waals surface area (Å²) in [6.07, 6.45) is 2.43. The monoisotopic (exact) mass is 358 g/mol. The highest BCUT2D eigenvalue weighted by Gasteiger charge is 2.22. The number of aromatic nitrogens is 2. The molecule has 0 bridgehead atoms. The zero-order valence-corrected chi connectivity index (χ0v) is 14.7. The van der Waals surface area contributed by atoms with Crippen LogP contribution >= 0.6 is 0 Å². The number of nitrogen functional groups attached to an aromatic ring is 1. The molecule has 0 saturated heterocycles. The predicted molar refractivity (Wildman–Crippen MR) is 101 cm³/mol. The van der Waals surface area contributed by atoms with Crippen molar-refractivity contribution in [3.8, 4) is 22.9 Å². The van der Waals surface area contributed by atoms with Gasteiger partial charge in [0.15, 0.2) is 0 Å². The molecule has 6 heteroatoms. The fraction of sp³-hybridized carbons (Fsp3) is 0.190. The molecule has 0 unspecified atom stereocenters. The van der Waals surface area contributed by atoms with E-state index in [4.69, 9.17) is 15.2 Å². The van der Waals surface area contributed by atoms with Gasteiger partial charge in [0.05, 0.1) is 24.6 Å². The maximum absolute atomic E-state index is 9.63. The molecule has 0 saturated carbocycles. The van der Waals surface area contributed by atoms with Crippen molar-refractivity contribution in [2.75, 3.05) is 12.3 Å². The van der Waals surface area contributed by atoms with Gasteiger partial charge in [-0.05, 0) is 29.8 Å². The summed E-state index contributed by atoms with van der Waals surface area (Å²) in [5.41, 5.74) is 10.7. The second-order valence-corrected chi connectivity index (χ2v) is 6.22. The number of fused-ring (bicyclic) bond motifs is 1. The van der Waals surface area contributed by atoms with Gasteiger partial charge < -0.3 is 15.2 Å². The number of anilines is 1. The maximum Gasteiger partial charge on any atom is 0.142 e. The minimum Gasteiger partial charge on any atom is -0.487 e. The Morgan fingerprint density at radius 2 is 2.15 bits per heavy atom. The van der Waals surface area contributed by atoms with Crippen molar-refractivity contribution in [1.29, 1.82) is 5.26 Å². The van der Waals surface area contributed by atoms with Crippen LogP contribution in [0.4, 0.5) is 5.82 Å². The van der Waals surface area contributed by atoms with Crippen molar-refractivity contribution >= 4 is 5.82 Å². The predicted octanol–water partition coefficient (Wildman–Crippen LogP) is 3.25. The average Bonchev–Trinajstić information content (AvgIpc) is 2.72. The van der Waals surface area contributed by atoms with Crippen LogP contribution in [0, 0.1) is 11.3 Å². The van der Waals surface area contributed by atoms with Gasteiger partial charge in [-0.15, -0.1) is 0 Å². The molecule has 0 atom stereocenters. The molecule has 0 radical (unpaired) electrons. The number of nitriles is 1. The first-order valence-corrected chi connectivity index (χ1v) is 8.68. The van der Waals surface area contributed by atoms with Gasteiger partial charge in [-0.3, -0.25) is 4.98 Å². The van der Waals surface area contributed by atoms with Gasteiger partial charge in [-0.2, -0.15) is 5.26 Å². The lowest BCUT2D eigenvalue weighted by Gasteiger charge is -2.21. The van der Waals surface area contributed by atoms with Crippen LogP contribution in [-0.2, 0) is 24.4 Å². The van der Waals surface area contributed by atoms with Crippen LogP contribution in [0.1, 0.15) is 22.5 Å². The van der Waals surface area contributed by atoms with Gasteiger partial charge in [0.2, 0.25) is 0 Å². The number of nitrogens with zero attached hydrogens (tertiary/aromatic N) is 3. The fourth-order valence-electron chi connectivity index (χ4n) is 3.21. The standard InChI is InChI=1S/C21H18N4O2/c22-11-17-20(18-13-26-9-7-19(18)25-21(17)23)14-4-3-6-16(10-14)27-12-15-5-1-2-8-24-15/h1-6,8,10H,7,9,12-13H2,(H2,23,25). The molecular formula is C21H18N4O2. The van der Waals surface area contributed by atoms with Crippen LogP contribution in [-0.4, -0.2) is 16.6 Å². The van der Waals surface area contributed by atoms with Crippen molar-refractivity contribution in [3.63, 3.8) is 0 Å². The van der Waals surface area contributed by atoms with E-state index in [0.717, 1.165) is 28.1 Å². The summed E-state index contributed by atoms with van der Waals surface area (Å²) < 4.78 is 11.5. The number of hydrogen-bond donors (Lipinski definition) is 1. The normalized spacial score (nSPS) is 12.9. The second-order valence-electron chi connectivity index (χ2n) is 6.22. The molecule has 3 heterocycles. The van der Waals surface area contributed by atoms with Crippen LogP contribution in [0.15, 0.2) is 48.7 Å². The molecule has 1 aromatic carbocycles. The van der Waals surface area contributed by atoms with Crippen molar-refractivity contribution in [2.45, 2.75) is 19.6 Å². The lowest BCUT2D eigenvalue weighted by atomic mass is 9.92. The first-order valence-electron chi connectivity index (χ1n) is 8.68. The first-order chi connectivity index (χ1) is 13.3. The number of nitrogens with two attached hydrogens (primary N) is 1.